The van der Waals surface area contributed by atoms with Gasteiger partial charge in [-0.3, -0.25) is 14.9 Å². The van der Waals surface area contributed by atoms with Crippen molar-refractivity contribution in [1.29, 1.82) is 0 Å². The van der Waals surface area contributed by atoms with Gasteiger partial charge in [-0.15, -0.1) is 0 Å². The molecule has 0 spiro atoms. The van der Waals surface area contributed by atoms with Crippen LogP contribution in [0.15, 0.2) is 18.2 Å². The van der Waals surface area contributed by atoms with E-state index in [4.69, 9.17) is 0 Å². The van der Waals surface area contributed by atoms with Gasteiger partial charge < -0.3 is 10.6 Å². The quantitative estimate of drug-likeness (QED) is 0.645. The molecule has 0 aliphatic carbocycles. The Morgan fingerprint density at radius 1 is 1.57 bits per heavy atom. The van der Waals surface area contributed by atoms with Crippen molar-refractivity contribution in [3.8, 4) is 0 Å². The highest BCUT2D eigenvalue weighted by atomic mass is 19.1. The highest BCUT2D eigenvalue weighted by molar-refractivity contribution is 5.95. The van der Waals surface area contributed by atoms with Gasteiger partial charge >= 0.3 is 5.69 Å². The molecule has 1 unspecified atom stereocenters. The van der Waals surface area contributed by atoms with Gasteiger partial charge in [0.15, 0.2) is 0 Å². The largest absolute Gasteiger partial charge is 0.325 e. The molecule has 6 nitrogen and oxygen atoms in total. The number of nitro benzene ring substituents is 1. The zero-order valence-electron chi connectivity index (χ0n) is 11.8. The Kier molecular flexibility index (Phi) is 4.52. The summed E-state index contributed by atoms with van der Waals surface area (Å²) in [6.45, 7) is 3.39. The molecule has 2 rings (SSSR count). The summed E-state index contributed by atoms with van der Waals surface area (Å²) in [5, 5.41) is 16.4. The van der Waals surface area contributed by atoms with E-state index >= 15 is 0 Å². The molecule has 1 aromatic rings. The van der Waals surface area contributed by atoms with Gasteiger partial charge in [-0.2, -0.15) is 4.39 Å². The van der Waals surface area contributed by atoms with Gasteiger partial charge in [0.05, 0.1) is 10.3 Å². The predicted molar refractivity (Wildman–Crippen MR) is 76.5 cm³/mol. The first kappa shape index (κ1) is 15.4. The summed E-state index contributed by atoms with van der Waals surface area (Å²) in [5.41, 5.74) is -0.836. The summed E-state index contributed by atoms with van der Waals surface area (Å²) in [6, 6.07) is 3.39. The van der Waals surface area contributed by atoms with E-state index in [9.17, 15) is 19.3 Å². The number of nitrogens with one attached hydrogen (secondary N) is 2. The highest BCUT2D eigenvalue weighted by Gasteiger charge is 2.40. The number of benzene rings is 1. The van der Waals surface area contributed by atoms with Crippen LogP contribution >= 0.6 is 0 Å². The van der Waals surface area contributed by atoms with Crippen molar-refractivity contribution in [2.24, 2.45) is 5.41 Å². The second kappa shape index (κ2) is 6.17. The van der Waals surface area contributed by atoms with Crippen molar-refractivity contribution in [3.05, 3.63) is 34.1 Å². The smallest absolute Gasteiger partial charge is 0.304 e. The van der Waals surface area contributed by atoms with Gasteiger partial charge in [0.1, 0.15) is 0 Å². The molecule has 1 aromatic carbocycles. The number of hydrogen-bond acceptors (Lipinski definition) is 4. The van der Waals surface area contributed by atoms with Crippen molar-refractivity contribution in [1.82, 2.24) is 5.32 Å². The Morgan fingerprint density at radius 2 is 2.33 bits per heavy atom. The lowest BCUT2D eigenvalue weighted by Crippen LogP contribution is -2.38. The molecule has 1 amide bonds. The van der Waals surface area contributed by atoms with Crippen LogP contribution in [0.3, 0.4) is 0 Å². The molecule has 0 bridgehead atoms. The maximum absolute atomic E-state index is 13.6. The lowest BCUT2D eigenvalue weighted by Gasteiger charge is -2.26. The summed E-state index contributed by atoms with van der Waals surface area (Å²) < 4.78 is 13.6. The minimum Gasteiger partial charge on any atom is -0.325 e. The molecular formula is C14H18FN3O3. The summed E-state index contributed by atoms with van der Waals surface area (Å²) in [4.78, 5) is 22.2. The molecule has 21 heavy (non-hydrogen) atoms. The number of carbonyl (C=O) groups is 1. The van der Waals surface area contributed by atoms with Crippen LogP contribution in [-0.4, -0.2) is 23.9 Å². The van der Waals surface area contributed by atoms with Gasteiger partial charge in [0.2, 0.25) is 11.7 Å². The van der Waals surface area contributed by atoms with Gasteiger partial charge in [0, 0.05) is 24.4 Å². The molecular weight excluding hydrogens is 277 g/mol. The Bertz CT molecular complexity index is 556. The SMILES string of the molecule is CCCC1(C(=O)Nc2ccc([N+](=O)[O-])c(F)c2)CCNC1. The van der Waals surface area contributed by atoms with Gasteiger partial charge in [-0.25, -0.2) is 0 Å². The third kappa shape index (κ3) is 3.18. The van der Waals surface area contributed by atoms with Crippen molar-refractivity contribution >= 4 is 17.3 Å². The molecule has 114 valence electrons. The summed E-state index contributed by atoms with van der Waals surface area (Å²) in [5.74, 6) is -1.12. The first-order valence-corrected chi connectivity index (χ1v) is 6.94. The number of halogens is 1. The van der Waals surface area contributed by atoms with Crippen LogP contribution in [0.1, 0.15) is 26.2 Å². The molecule has 0 saturated carbocycles. The maximum Gasteiger partial charge on any atom is 0.304 e. The van der Waals surface area contributed by atoms with Crippen LogP contribution in [-0.2, 0) is 4.79 Å². The fraction of sp³-hybridized carbons (Fsp3) is 0.500. The first-order chi connectivity index (χ1) is 9.98. The molecule has 1 saturated heterocycles. The minimum absolute atomic E-state index is 0.164. The molecule has 7 heteroatoms. The fourth-order valence-electron chi connectivity index (χ4n) is 2.74. The zero-order chi connectivity index (χ0) is 15.5. The summed E-state index contributed by atoms with van der Waals surface area (Å²) in [7, 11) is 0. The Balaban J connectivity index is 2.15. The second-order valence-corrected chi connectivity index (χ2v) is 5.33. The molecule has 2 N–H and O–H groups in total. The minimum atomic E-state index is -0.952. The number of nitrogens with zero attached hydrogens (tertiary/aromatic N) is 1. The van der Waals surface area contributed by atoms with Gasteiger partial charge in [-0.05, 0) is 25.5 Å². The molecule has 1 atom stereocenters. The first-order valence-electron chi connectivity index (χ1n) is 6.94. The number of hydrogen-bond donors (Lipinski definition) is 2. The van der Waals surface area contributed by atoms with Gasteiger partial charge in [-0.1, -0.05) is 13.3 Å². The summed E-state index contributed by atoms with van der Waals surface area (Å²) >= 11 is 0. The third-order valence-electron chi connectivity index (χ3n) is 3.86. The van der Waals surface area contributed by atoms with Crippen molar-refractivity contribution in [2.75, 3.05) is 18.4 Å². The van der Waals surface area contributed by atoms with Crippen LogP contribution in [0.4, 0.5) is 15.8 Å². The van der Waals surface area contributed by atoms with E-state index in [1.54, 1.807) is 0 Å². The molecule has 1 aliphatic heterocycles. The average Bonchev–Trinajstić information content (AvgIpc) is 2.88. The lowest BCUT2D eigenvalue weighted by atomic mass is 9.81. The number of carbonyl (C=O) groups excluding carboxylic acids is 1. The van der Waals surface area contributed by atoms with Crippen molar-refractivity contribution in [3.63, 3.8) is 0 Å². The molecule has 1 heterocycles. The van der Waals surface area contributed by atoms with Crippen LogP contribution < -0.4 is 10.6 Å². The standard InChI is InChI=1S/C14H18FN3O3/c1-2-5-14(6-7-16-9-14)13(19)17-10-3-4-12(18(20)21)11(15)8-10/h3-4,8,16H,2,5-7,9H2,1H3,(H,17,19). The number of anilines is 1. The van der Waals surface area contributed by atoms with Gasteiger partial charge in [0.25, 0.3) is 0 Å². The van der Waals surface area contributed by atoms with Crippen LogP contribution in [0.2, 0.25) is 0 Å². The Labute approximate surface area is 121 Å². The predicted octanol–water partition coefficient (Wildman–Crippen LogP) is 2.45. The van der Waals surface area contributed by atoms with Crippen molar-refractivity contribution in [2.45, 2.75) is 26.2 Å². The molecule has 0 radical (unpaired) electrons. The van der Waals surface area contributed by atoms with E-state index in [-0.39, 0.29) is 11.6 Å². The third-order valence-corrected chi connectivity index (χ3v) is 3.86. The Hall–Kier alpha value is -2.02. The lowest BCUT2D eigenvalue weighted by molar-refractivity contribution is -0.387. The van der Waals surface area contributed by atoms with E-state index in [0.29, 0.717) is 6.54 Å². The number of nitro groups is 1. The topological polar surface area (TPSA) is 84.3 Å². The maximum atomic E-state index is 13.6. The van der Waals surface area contributed by atoms with Crippen LogP contribution in [0, 0.1) is 21.3 Å². The molecule has 1 aliphatic rings. The second-order valence-electron chi connectivity index (χ2n) is 5.33. The van der Waals surface area contributed by atoms with E-state index in [2.05, 4.69) is 10.6 Å². The normalized spacial score (nSPS) is 21.2. The van der Waals surface area contributed by atoms with E-state index < -0.39 is 21.8 Å². The average molecular weight is 295 g/mol. The highest BCUT2D eigenvalue weighted by Crippen LogP contribution is 2.33. The Morgan fingerprint density at radius 3 is 2.86 bits per heavy atom. The molecule has 0 aromatic heterocycles. The van der Waals surface area contributed by atoms with Crippen molar-refractivity contribution < 1.29 is 14.1 Å². The zero-order valence-corrected chi connectivity index (χ0v) is 11.8. The summed E-state index contributed by atoms with van der Waals surface area (Å²) in [6.07, 6.45) is 2.37. The van der Waals surface area contributed by atoms with Crippen LogP contribution in [0.5, 0.6) is 0 Å². The monoisotopic (exact) mass is 295 g/mol. The van der Waals surface area contributed by atoms with E-state index in [1.165, 1.54) is 6.07 Å². The fourth-order valence-corrected chi connectivity index (χ4v) is 2.74. The van der Waals surface area contributed by atoms with Crippen LogP contribution in [0.25, 0.3) is 0 Å². The number of amides is 1. The molecule has 1 fully saturated rings. The number of rotatable bonds is 5. The van der Waals surface area contributed by atoms with E-state index in [1.807, 2.05) is 6.92 Å². The van der Waals surface area contributed by atoms with E-state index in [0.717, 1.165) is 37.9 Å².